The van der Waals surface area contributed by atoms with Gasteiger partial charge >= 0.3 is 0 Å². The third-order valence-corrected chi connectivity index (χ3v) is 6.43. The summed E-state index contributed by atoms with van der Waals surface area (Å²) in [4.78, 5) is 0. The number of rotatable bonds is 3. The Morgan fingerprint density at radius 2 is 1.71 bits per heavy atom. The number of fused-ring (bicyclic) bond motifs is 8. The zero-order chi connectivity index (χ0) is 21.5. The average Bonchev–Trinajstić information content (AvgIpc) is 3.57. The second kappa shape index (κ2) is 6.23. The lowest BCUT2D eigenvalue weighted by Gasteiger charge is -2.37. The highest BCUT2D eigenvalue weighted by molar-refractivity contribution is 5.96. The summed E-state index contributed by atoms with van der Waals surface area (Å²) in [6.45, 7) is 4.45. The lowest BCUT2D eigenvalue weighted by atomic mass is 9.87. The third kappa shape index (κ3) is 2.50. The molecular formula is C24H24O7. The van der Waals surface area contributed by atoms with Crippen LogP contribution in [-0.4, -0.2) is 45.7 Å². The number of ether oxygens (including phenoxy) is 7. The van der Waals surface area contributed by atoms with Crippen molar-refractivity contribution in [3.05, 3.63) is 41.0 Å². The molecule has 4 heterocycles. The van der Waals surface area contributed by atoms with Gasteiger partial charge in [-0.15, -0.1) is 0 Å². The van der Waals surface area contributed by atoms with Crippen LogP contribution < -0.4 is 23.7 Å². The molecule has 4 aliphatic rings. The van der Waals surface area contributed by atoms with Crippen molar-refractivity contribution in [3.63, 3.8) is 0 Å². The minimum atomic E-state index is -0.367. The average molecular weight is 424 g/mol. The minimum Gasteiger partial charge on any atom is -0.496 e. The zero-order valence-electron chi connectivity index (χ0n) is 18.1. The molecule has 2 aromatic carbocycles. The fourth-order valence-electron chi connectivity index (χ4n) is 4.93. The van der Waals surface area contributed by atoms with Gasteiger partial charge in [0.1, 0.15) is 47.4 Å². The molecule has 1 fully saturated rings. The zero-order valence-corrected chi connectivity index (χ0v) is 18.1. The van der Waals surface area contributed by atoms with E-state index >= 15 is 0 Å². The van der Waals surface area contributed by atoms with Gasteiger partial charge in [0, 0.05) is 17.2 Å². The highest BCUT2D eigenvalue weighted by Crippen LogP contribution is 2.59. The molecule has 7 heteroatoms. The Labute approximate surface area is 180 Å². The maximum atomic E-state index is 6.52. The SMILES string of the molecule is COC1=C2c3cc(OC)c(OC)cc3OCC2Oc2c1ccc1c2C2OC2C(C)(C)O1. The Bertz CT molecular complexity index is 1130. The standard InChI is InChI=1S/C24H24O7/c1-24(2)23-22(30-23)19-13(31-24)7-6-11-20(27-5)18-12-8-15(25-3)16(26-4)9-14(12)28-10-17(18)29-21(11)19/h6-9,17,22-23H,10H2,1-5H3. The second-order valence-corrected chi connectivity index (χ2v) is 8.60. The Morgan fingerprint density at radius 3 is 2.45 bits per heavy atom. The van der Waals surface area contributed by atoms with E-state index in [0.717, 1.165) is 39.5 Å². The molecule has 7 nitrogen and oxygen atoms in total. The molecule has 162 valence electrons. The predicted octanol–water partition coefficient (Wildman–Crippen LogP) is 3.98. The maximum absolute atomic E-state index is 6.52. The van der Waals surface area contributed by atoms with Crippen molar-refractivity contribution in [2.75, 3.05) is 27.9 Å². The van der Waals surface area contributed by atoms with Crippen LogP contribution in [0.4, 0.5) is 0 Å². The Morgan fingerprint density at radius 1 is 0.935 bits per heavy atom. The molecule has 0 spiro atoms. The molecule has 1 saturated heterocycles. The lowest BCUT2D eigenvalue weighted by molar-refractivity contribution is 0.0714. The van der Waals surface area contributed by atoms with Crippen molar-refractivity contribution in [2.45, 2.75) is 37.8 Å². The van der Waals surface area contributed by atoms with E-state index in [2.05, 4.69) is 0 Å². The molecule has 0 aliphatic carbocycles. The number of hydrogen-bond donors (Lipinski definition) is 0. The van der Waals surface area contributed by atoms with Crippen LogP contribution in [0.5, 0.6) is 28.7 Å². The van der Waals surface area contributed by atoms with Crippen molar-refractivity contribution in [1.82, 2.24) is 0 Å². The van der Waals surface area contributed by atoms with Gasteiger partial charge in [-0.05, 0) is 32.0 Å². The van der Waals surface area contributed by atoms with Crippen molar-refractivity contribution >= 4 is 11.3 Å². The van der Waals surface area contributed by atoms with Gasteiger partial charge in [-0.1, -0.05) is 0 Å². The van der Waals surface area contributed by atoms with E-state index in [-0.39, 0.29) is 23.9 Å². The topological polar surface area (TPSA) is 67.9 Å². The Balaban J connectivity index is 1.55. The number of methoxy groups -OCH3 is 3. The van der Waals surface area contributed by atoms with Gasteiger partial charge in [0.15, 0.2) is 17.6 Å². The molecule has 0 amide bonds. The van der Waals surface area contributed by atoms with Gasteiger partial charge in [0.2, 0.25) is 0 Å². The van der Waals surface area contributed by atoms with Crippen LogP contribution >= 0.6 is 0 Å². The van der Waals surface area contributed by atoms with E-state index in [1.807, 2.05) is 38.1 Å². The van der Waals surface area contributed by atoms with Crippen LogP contribution in [0.2, 0.25) is 0 Å². The van der Waals surface area contributed by atoms with E-state index in [1.54, 1.807) is 21.3 Å². The van der Waals surface area contributed by atoms with Crippen LogP contribution in [0.15, 0.2) is 24.3 Å². The van der Waals surface area contributed by atoms with Gasteiger partial charge in [0.05, 0.1) is 32.5 Å². The fraction of sp³-hybridized carbons (Fsp3) is 0.417. The monoisotopic (exact) mass is 424 g/mol. The molecule has 0 aromatic heterocycles. The van der Waals surface area contributed by atoms with Gasteiger partial charge in [-0.25, -0.2) is 0 Å². The quantitative estimate of drug-likeness (QED) is 0.691. The van der Waals surface area contributed by atoms with Crippen LogP contribution in [0.3, 0.4) is 0 Å². The summed E-state index contributed by atoms with van der Waals surface area (Å²) in [5.41, 5.74) is 3.27. The van der Waals surface area contributed by atoms with Crippen LogP contribution in [-0.2, 0) is 9.47 Å². The molecule has 3 atom stereocenters. The van der Waals surface area contributed by atoms with E-state index in [0.29, 0.717) is 23.9 Å². The van der Waals surface area contributed by atoms with Gasteiger partial charge in [-0.2, -0.15) is 0 Å². The number of hydrogen-bond acceptors (Lipinski definition) is 7. The van der Waals surface area contributed by atoms with Crippen molar-refractivity contribution in [3.8, 4) is 28.7 Å². The molecule has 6 rings (SSSR count). The summed E-state index contributed by atoms with van der Waals surface area (Å²) in [5, 5.41) is 0. The van der Waals surface area contributed by atoms with E-state index in [1.165, 1.54) is 0 Å². The smallest absolute Gasteiger partial charge is 0.164 e. The maximum Gasteiger partial charge on any atom is 0.164 e. The van der Waals surface area contributed by atoms with E-state index in [4.69, 9.17) is 33.2 Å². The molecule has 0 N–H and O–H groups in total. The molecule has 3 unspecified atom stereocenters. The van der Waals surface area contributed by atoms with Gasteiger partial charge in [-0.3, -0.25) is 0 Å². The molecule has 0 bridgehead atoms. The van der Waals surface area contributed by atoms with E-state index in [9.17, 15) is 0 Å². The minimum absolute atomic E-state index is 0.0199. The van der Waals surface area contributed by atoms with E-state index < -0.39 is 0 Å². The first-order valence-electron chi connectivity index (χ1n) is 10.3. The highest BCUT2D eigenvalue weighted by Gasteiger charge is 2.58. The molecule has 31 heavy (non-hydrogen) atoms. The Hall–Kier alpha value is -3.06. The van der Waals surface area contributed by atoms with Crippen LogP contribution in [0, 0.1) is 0 Å². The lowest BCUT2D eigenvalue weighted by Crippen LogP contribution is -2.39. The van der Waals surface area contributed by atoms with Crippen molar-refractivity contribution in [1.29, 1.82) is 0 Å². The molecule has 4 aliphatic heterocycles. The summed E-state index contributed by atoms with van der Waals surface area (Å²) in [5.74, 6) is 4.24. The fourth-order valence-corrected chi connectivity index (χ4v) is 4.93. The summed E-state index contributed by atoms with van der Waals surface area (Å²) in [6, 6.07) is 7.72. The highest BCUT2D eigenvalue weighted by atomic mass is 16.6. The molecule has 0 saturated carbocycles. The first kappa shape index (κ1) is 18.7. The summed E-state index contributed by atoms with van der Waals surface area (Å²) < 4.78 is 41.7. The number of benzene rings is 2. The summed E-state index contributed by atoms with van der Waals surface area (Å²) >= 11 is 0. The van der Waals surface area contributed by atoms with Crippen molar-refractivity contribution in [2.24, 2.45) is 0 Å². The van der Waals surface area contributed by atoms with Gasteiger partial charge < -0.3 is 33.2 Å². The second-order valence-electron chi connectivity index (χ2n) is 8.60. The summed E-state index contributed by atoms with van der Waals surface area (Å²) in [7, 11) is 4.90. The van der Waals surface area contributed by atoms with Crippen LogP contribution in [0.25, 0.3) is 11.3 Å². The van der Waals surface area contributed by atoms with Crippen molar-refractivity contribution < 1.29 is 33.2 Å². The first-order valence-corrected chi connectivity index (χ1v) is 10.3. The third-order valence-electron chi connectivity index (χ3n) is 6.43. The van der Waals surface area contributed by atoms with Gasteiger partial charge in [0.25, 0.3) is 0 Å². The normalized spacial score (nSPS) is 25.9. The molecule has 0 radical (unpaired) electrons. The molecule has 2 aromatic rings. The largest absolute Gasteiger partial charge is 0.496 e. The first-order chi connectivity index (χ1) is 15.0. The number of epoxide rings is 1. The molecular weight excluding hydrogens is 400 g/mol. The predicted molar refractivity (Wildman–Crippen MR) is 112 cm³/mol. The Kier molecular flexibility index (Phi) is 3.76. The summed E-state index contributed by atoms with van der Waals surface area (Å²) in [6.07, 6.45) is -0.340. The van der Waals surface area contributed by atoms with Crippen LogP contribution in [0.1, 0.15) is 36.6 Å².